The van der Waals surface area contributed by atoms with Crippen molar-refractivity contribution in [1.29, 1.82) is 0 Å². The predicted octanol–water partition coefficient (Wildman–Crippen LogP) is 3.73. The molecule has 160 valence electrons. The number of benzene rings is 3. The summed E-state index contributed by atoms with van der Waals surface area (Å²) in [6.45, 7) is 1.97. The van der Waals surface area contributed by atoms with Gasteiger partial charge in [-0.25, -0.2) is 9.67 Å². The van der Waals surface area contributed by atoms with Crippen LogP contribution in [0.4, 0.5) is 0 Å². The Labute approximate surface area is 186 Å². The van der Waals surface area contributed by atoms with Crippen molar-refractivity contribution in [2.75, 3.05) is 0 Å². The molecule has 32 heavy (non-hydrogen) atoms. The van der Waals surface area contributed by atoms with E-state index in [0.29, 0.717) is 12.0 Å². The first-order valence-electron chi connectivity index (χ1n) is 10.5. The Bertz CT molecular complexity index is 1190. The minimum absolute atomic E-state index is 0.0445. The SMILES string of the molecule is Cc1c(CC(=O)C(Cc2ccccc2)NC(=O)c2ccccc2)cccc1-n1cncn1. The molecule has 1 N–H and O–H groups in total. The van der Waals surface area contributed by atoms with Gasteiger partial charge in [-0.15, -0.1) is 0 Å². The highest BCUT2D eigenvalue weighted by molar-refractivity contribution is 5.98. The lowest BCUT2D eigenvalue weighted by atomic mass is 9.95. The summed E-state index contributed by atoms with van der Waals surface area (Å²) in [5.41, 5.74) is 4.25. The highest BCUT2D eigenvalue weighted by Gasteiger charge is 2.23. The van der Waals surface area contributed by atoms with E-state index in [-0.39, 0.29) is 18.1 Å². The van der Waals surface area contributed by atoms with Gasteiger partial charge in [0.1, 0.15) is 12.7 Å². The van der Waals surface area contributed by atoms with Crippen LogP contribution in [-0.4, -0.2) is 32.5 Å². The molecule has 4 rings (SSSR count). The summed E-state index contributed by atoms with van der Waals surface area (Å²) in [7, 11) is 0. The van der Waals surface area contributed by atoms with E-state index < -0.39 is 6.04 Å². The average Bonchev–Trinajstić information content (AvgIpc) is 3.36. The van der Waals surface area contributed by atoms with Crippen LogP contribution in [0.5, 0.6) is 0 Å². The number of carbonyl (C=O) groups is 2. The van der Waals surface area contributed by atoms with Gasteiger partial charge in [0.2, 0.25) is 0 Å². The fourth-order valence-corrected chi connectivity index (χ4v) is 3.68. The summed E-state index contributed by atoms with van der Waals surface area (Å²) >= 11 is 0. The molecule has 3 aromatic carbocycles. The number of ketones is 1. The third-order valence-electron chi connectivity index (χ3n) is 5.46. The fourth-order valence-electron chi connectivity index (χ4n) is 3.68. The summed E-state index contributed by atoms with van der Waals surface area (Å²) in [6, 6.07) is 23.8. The van der Waals surface area contributed by atoms with E-state index >= 15 is 0 Å². The molecule has 0 aliphatic carbocycles. The fraction of sp³-hybridized carbons (Fsp3) is 0.154. The van der Waals surface area contributed by atoms with Crippen LogP contribution in [0, 0.1) is 6.92 Å². The van der Waals surface area contributed by atoms with Gasteiger partial charge in [-0.05, 0) is 48.2 Å². The predicted molar refractivity (Wildman–Crippen MR) is 123 cm³/mol. The first kappa shape index (κ1) is 21.2. The van der Waals surface area contributed by atoms with Crippen LogP contribution in [-0.2, 0) is 17.6 Å². The first-order valence-corrected chi connectivity index (χ1v) is 10.5. The van der Waals surface area contributed by atoms with Crippen LogP contribution in [0.25, 0.3) is 5.69 Å². The molecule has 1 atom stereocenters. The quantitative estimate of drug-likeness (QED) is 0.468. The number of amides is 1. The van der Waals surface area contributed by atoms with Crippen molar-refractivity contribution in [3.8, 4) is 5.69 Å². The van der Waals surface area contributed by atoms with Crippen molar-refractivity contribution in [2.24, 2.45) is 0 Å². The number of Topliss-reactive ketones (excluding diaryl/α,β-unsaturated/α-hetero) is 1. The standard InChI is InChI=1S/C26H24N4O2/c1-19-22(13-8-14-24(19)30-18-27-17-28-30)16-25(31)23(15-20-9-4-2-5-10-20)29-26(32)21-11-6-3-7-12-21/h2-14,17-18,23H,15-16H2,1H3,(H,29,32). The lowest BCUT2D eigenvalue weighted by Crippen LogP contribution is -2.43. The van der Waals surface area contributed by atoms with Crippen LogP contribution >= 0.6 is 0 Å². The van der Waals surface area contributed by atoms with Gasteiger partial charge in [-0.1, -0.05) is 60.7 Å². The Morgan fingerprint density at radius 2 is 1.66 bits per heavy atom. The Hall–Kier alpha value is -4.06. The highest BCUT2D eigenvalue weighted by Crippen LogP contribution is 2.19. The molecule has 0 bridgehead atoms. The second-order valence-corrected chi connectivity index (χ2v) is 7.63. The monoisotopic (exact) mass is 424 g/mol. The molecule has 0 aliphatic heterocycles. The van der Waals surface area contributed by atoms with Crippen LogP contribution in [0.2, 0.25) is 0 Å². The molecule has 0 radical (unpaired) electrons. The molecule has 4 aromatic rings. The molecule has 0 saturated heterocycles. The normalized spacial score (nSPS) is 11.7. The summed E-state index contributed by atoms with van der Waals surface area (Å²) < 4.78 is 1.68. The summed E-state index contributed by atoms with van der Waals surface area (Å²) in [5, 5.41) is 7.14. The molecular formula is C26H24N4O2. The number of carbonyl (C=O) groups excluding carboxylic acids is 2. The maximum atomic E-state index is 13.4. The number of hydrogen-bond acceptors (Lipinski definition) is 4. The van der Waals surface area contributed by atoms with Gasteiger partial charge in [0, 0.05) is 12.0 Å². The minimum Gasteiger partial charge on any atom is -0.342 e. The van der Waals surface area contributed by atoms with Crippen molar-refractivity contribution in [1.82, 2.24) is 20.1 Å². The van der Waals surface area contributed by atoms with Crippen LogP contribution in [0.1, 0.15) is 27.0 Å². The summed E-state index contributed by atoms with van der Waals surface area (Å²) in [6.07, 6.45) is 3.75. The van der Waals surface area contributed by atoms with Gasteiger partial charge >= 0.3 is 0 Å². The third kappa shape index (κ3) is 4.98. The molecule has 1 heterocycles. The molecule has 1 amide bonds. The number of rotatable bonds is 8. The first-order chi connectivity index (χ1) is 15.6. The molecule has 0 spiro atoms. The molecule has 6 heteroatoms. The van der Waals surface area contributed by atoms with Gasteiger partial charge < -0.3 is 5.32 Å². The van der Waals surface area contributed by atoms with Crippen molar-refractivity contribution in [2.45, 2.75) is 25.8 Å². The molecule has 0 fully saturated rings. The average molecular weight is 425 g/mol. The van der Waals surface area contributed by atoms with E-state index in [0.717, 1.165) is 22.4 Å². The topological polar surface area (TPSA) is 76.9 Å². The third-order valence-corrected chi connectivity index (χ3v) is 5.46. The molecular weight excluding hydrogens is 400 g/mol. The van der Waals surface area contributed by atoms with E-state index in [1.165, 1.54) is 6.33 Å². The van der Waals surface area contributed by atoms with E-state index in [4.69, 9.17) is 0 Å². The van der Waals surface area contributed by atoms with Crippen molar-refractivity contribution in [3.05, 3.63) is 114 Å². The van der Waals surface area contributed by atoms with E-state index in [1.807, 2.05) is 73.7 Å². The highest BCUT2D eigenvalue weighted by atomic mass is 16.2. The molecule has 1 aromatic heterocycles. The van der Waals surface area contributed by atoms with Crippen LogP contribution in [0.15, 0.2) is 91.5 Å². The van der Waals surface area contributed by atoms with Crippen LogP contribution < -0.4 is 5.32 Å². The van der Waals surface area contributed by atoms with Gasteiger partial charge in [0.05, 0.1) is 11.7 Å². The van der Waals surface area contributed by atoms with Gasteiger partial charge in [0.25, 0.3) is 5.91 Å². The minimum atomic E-state index is -0.639. The maximum Gasteiger partial charge on any atom is 0.251 e. The molecule has 0 aliphatic rings. The summed E-state index contributed by atoms with van der Waals surface area (Å²) in [4.78, 5) is 30.2. The Morgan fingerprint density at radius 1 is 0.938 bits per heavy atom. The second kappa shape index (κ2) is 9.83. The number of nitrogens with one attached hydrogen (secondary N) is 1. The zero-order valence-corrected chi connectivity index (χ0v) is 17.8. The number of nitrogens with zero attached hydrogens (tertiary/aromatic N) is 3. The second-order valence-electron chi connectivity index (χ2n) is 7.63. The Morgan fingerprint density at radius 3 is 2.34 bits per heavy atom. The molecule has 0 saturated carbocycles. The van der Waals surface area contributed by atoms with E-state index in [2.05, 4.69) is 15.4 Å². The zero-order valence-electron chi connectivity index (χ0n) is 17.8. The lowest BCUT2D eigenvalue weighted by Gasteiger charge is -2.19. The maximum absolute atomic E-state index is 13.4. The Balaban J connectivity index is 1.57. The lowest BCUT2D eigenvalue weighted by molar-refractivity contribution is -0.120. The van der Waals surface area contributed by atoms with Crippen molar-refractivity contribution >= 4 is 11.7 Å². The number of hydrogen-bond donors (Lipinski definition) is 1. The molecule has 6 nitrogen and oxygen atoms in total. The summed E-state index contributed by atoms with van der Waals surface area (Å²) in [5.74, 6) is -0.301. The number of aromatic nitrogens is 3. The van der Waals surface area contributed by atoms with Gasteiger partial charge in [0.15, 0.2) is 5.78 Å². The van der Waals surface area contributed by atoms with Crippen molar-refractivity contribution < 1.29 is 9.59 Å². The Kier molecular flexibility index (Phi) is 6.51. The molecule has 1 unspecified atom stereocenters. The van der Waals surface area contributed by atoms with Crippen molar-refractivity contribution in [3.63, 3.8) is 0 Å². The van der Waals surface area contributed by atoms with E-state index in [1.54, 1.807) is 23.1 Å². The largest absolute Gasteiger partial charge is 0.342 e. The van der Waals surface area contributed by atoms with Gasteiger partial charge in [-0.2, -0.15) is 5.10 Å². The zero-order chi connectivity index (χ0) is 22.3. The van der Waals surface area contributed by atoms with Gasteiger partial charge in [-0.3, -0.25) is 9.59 Å². The smallest absolute Gasteiger partial charge is 0.251 e. The van der Waals surface area contributed by atoms with Crippen LogP contribution in [0.3, 0.4) is 0 Å². The van der Waals surface area contributed by atoms with E-state index in [9.17, 15) is 9.59 Å².